The highest BCUT2D eigenvalue weighted by atomic mass is 32.2. The number of aliphatic hydroxyl groups excluding tert-OH is 1. The summed E-state index contributed by atoms with van der Waals surface area (Å²) in [4.78, 5) is 22.7. The van der Waals surface area contributed by atoms with E-state index in [4.69, 9.17) is 9.52 Å². The molecule has 0 saturated heterocycles. The first kappa shape index (κ1) is 14.6. The molecule has 1 rings (SSSR count). The predicted octanol–water partition coefficient (Wildman–Crippen LogP) is 0.719. The fraction of sp³-hybridized carbons (Fsp3) is 0.455. The number of hydrogen-bond donors (Lipinski definition) is 3. The number of rotatable bonds is 6. The summed E-state index contributed by atoms with van der Waals surface area (Å²) >= 11 is 1.28. The van der Waals surface area contributed by atoms with Gasteiger partial charge in [-0.2, -0.15) is 0 Å². The van der Waals surface area contributed by atoms with E-state index >= 15 is 0 Å². The molecule has 0 fully saturated rings. The molecule has 0 bridgehead atoms. The molecule has 1 atom stereocenters. The molecular weight excluding hydrogens is 256 g/mol. The summed E-state index contributed by atoms with van der Waals surface area (Å²) in [7, 11) is 0. The molecule has 0 radical (unpaired) electrons. The lowest BCUT2D eigenvalue weighted by Gasteiger charge is -2.08. The molecular formula is C11H16N2O4S. The fourth-order valence-electron chi connectivity index (χ4n) is 1.06. The summed E-state index contributed by atoms with van der Waals surface area (Å²) in [5, 5.41) is 13.4. The Labute approximate surface area is 109 Å². The van der Waals surface area contributed by atoms with Gasteiger partial charge in [-0.15, -0.1) is 11.8 Å². The van der Waals surface area contributed by atoms with Crippen molar-refractivity contribution in [2.45, 2.75) is 18.7 Å². The van der Waals surface area contributed by atoms with Crippen LogP contribution in [0.5, 0.6) is 0 Å². The van der Waals surface area contributed by atoms with Gasteiger partial charge in [-0.1, -0.05) is 6.92 Å². The van der Waals surface area contributed by atoms with Crippen molar-refractivity contribution in [2.24, 2.45) is 0 Å². The van der Waals surface area contributed by atoms with E-state index in [0.29, 0.717) is 5.76 Å². The largest absolute Gasteiger partial charge is 0.467 e. The zero-order chi connectivity index (χ0) is 13.4. The number of amides is 3. The third-order valence-corrected chi connectivity index (χ3v) is 3.16. The summed E-state index contributed by atoms with van der Waals surface area (Å²) in [5.41, 5.74) is 0. The van der Waals surface area contributed by atoms with E-state index in [2.05, 4.69) is 10.6 Å². The third-order valence-electron chi connectivity index (χ3n) is 2.01. The molecule has 18 heavy (non-hydrogen) atoms. The Bertz CT molecular complexity index is 380. The zero-order valence-corrected chi connectivity index (χ0v) is 10.8. The molecule has 0 aromatic carbocycles. The lowest BCUT2D eigenvalue weighted by atomic mass is 10.4. The molecule has 100 valence electrons. The monoisotopic (exact) mass is 272 g/mol. The molecule has 0 saturated carbocycles. The molecule has 7 heteroatoms. The molecule has 0 aliphatic carbocycles. The van der Waals surface area contributed by atoms with Gasteiger partial charge in [0, 0.05) is 5.25 Å². The summed E-state index contributed by atoms with van der Waals surface area (Å²) in [6.07, 6.45) is 1.51. The van der Waals surface area contributed by atoms with E-state index in [1.165, 1.54) is 18.0 Å². The Hall–Kier alpha value is -1.47. The molecule has 3 amide bonds. The van der Waals surface area contributed by atoms with E-state index in [9.17, 15) is 9.59 Å². The van der Waals surface area contributed by atoms with Gasteiger partial charge in [0.05, 0.1) is 25.2 Å². The lowest BCUT2D eigenvalue weighted by molar-refractivity contribution is -0.117. The van der Waals surface area contributed by atoms with Crippen molar-refractivity contribution < 1.29 is 19.1 Å². The Morgan fingerprint density at radius 1 is 1.56 bits per heavy atom. The zero-order valence-electron chi connectivity index (χ0n) is 10.0. The number of aliphatic hydroxyl groups is 1. The third kappa shape index (κ3) is 5.74. The van der Waals surface area contributed by atoms with Gasteiger partial charge in [0.15, 0.2) is 0 Å². The minimum Gasteiger partial charge on any atom is -0.467 e. The molecule has 0 aliphatic rings. The van der Waals surface area contributed by atoms with Gasteiger partial charge in [0.1, 0.15) is 5.76 Å². The van der Waals surface area contributed by atoms with Gasteiger partial charge in [-0.05, 0) is 12.1 Å². The quantitative estimate of drug-likeness (QED) is 0.709. The first-order valence-corrected chi connectivity index (χ1v) is 6.49. The van der Waals surface area contributed by atoms with E-state index in [1.807, 2.05) is 0 Å². The average Bonchev–Trinajstić information content (AvgIpc) is 2.86. The Balaban J connectivity index is 2.17. The van der Waals surface area contributed by atoms with Crippen molar-refractivity contribution in [2.75, 3.05) is 12.4 Å². The van der Waals surface area contributed by atoms with Gasteiger partial charge in [-0.3, -0.25) is 10.1 Å². The predicted molar refractivity (Wildman–Crippen MR) is 68.1 cm³/mol. The first-order chi connectivity index (χ1) is 8.61. The number of carbonyl (C=O) groups excluding carboxylic acids is 2. The second-order valence-corrected chi connectivity index (χ2v) is 5.04. The SMILES string of the molecule is CC(CO)SCC(=O)NC(=O)NCc1ccco1. The van der Waals surface area contributed by atoms with Gasteiger partial charge < -0.3 is 14.8 Å². The molecule has 0 aliphatic heterocycles. The van der Waals surface area contributed by atoms with Crippen molar-refractivity contribution in [3.63, 3.8) is 0 Å². The minimum absolute atomic E-state index is 0.00262. The van der Waals surface area contributed by atoms with Crippen molar-refractivity contribution in [3.05, 3.63) is 24.2 Å². The van der Waals surface area contributed by atoms with Crippen LogP contribution in [0.25, 0.3) is 0 Å². The van der Waals surface area contributed by atoms with Gasteiger partial charge in [0.25, 0.3) is 0 Å². The molecule has 1 heterocycles. The molecule has 1 aromatic heterocycles. The molecule has 0 spiro atoms. The van der Waals surface area contributed by atoms with Crippen molar-refractivity contribution in [1.29, 1.82) is 0 Å². The summed E-state index contributed by atoms with van der Waals surface area (Å²) in [6.45, 7) is 2.03. The number of thioether (sulfide) groups is 1. The maximum absolute atomic E-state index is 11.3. The van der Waals surface area contributed by atoms with E-state index < -0.39 is 11.9 Å². The Morgan fingerprint density at radius 2 is 2.33 bits per heavy atom. The van der Waals surface area contributed by atoms with E-state index in [1.54, 1.807) is 19.1 Å². The number of hydrogen-bond acceptors (Lipinski definition) is 5. The van der Waals surface area contributed by atoms with Gasteiger partial charge in [-0.25, -0.2) is 4.79 Å². The van der Waals surface area contributed by atoms with Crippen LogP contribution in [-0.2, 0) is 11.3 Å². The molecule has 6 nitrogen and oxygen atoms in total. The van der Waals surface area contributed by atoms with E-state index in [-0.39, 0.29) is 24.2 Å². The summed E-state index contributed by atoms with van der Waals surface area (Å²) < 4.78 is 5.02. The van der Waals surface area contributed by atoms with Crippen LogP contribution in [0.4, 0.5) is 4.79 Å². The Kier molecular flexibility index (Phi) is 6.31. The standard InChI is InChI=1S/C11H16N2O4S/c1-8(6-14)18-7-10(15)13-11(16)12-5-9-3-2-4-17-9/h2-4,8,14H,5-7H2,1H3,(H2,12,13,15,16). The molecule has 1 aromatic rings. The average molecular weight is 272 g/mol. The van der Waals surface area contributed by atoms with Crippen LogP contribution in [0.15, 0.2) is 22.8 Å². The van der Waals surface area contributed by atoms with Crippen molar-refractivity contribution >= 4 is 23.7 Å². The second-order valence-electron chi connectivity index (χ2n) is 3.61. The smallest absolute Gasteiger partial charge is 0.321 e. The highest BCUT2D eigenvalue weighted by molar-refractivity contribution is 8.00. The highest BCUT2D eigenvalue weighted by Gasteiger charge is 2.10. The fourth-order valence-corrected chi connectivity index (χ4v) is 1.67. The topological polar surface area (TPSA) is 91.6 Å². The number of urea groups is 1. The van der Waals surface area contributed by atoms with Crippen molar-refractivity contribution in [1.82, 2.24) is 10.6 Å². The lowest BCUT2D eigenvalue weighted by Crippen LogP contribution is -2.40. The first-order valence-electron chi connectivity index (χ1n) is 5.44. The number of imide groups is 1. The maximum atomic E-state index is 11.3. The number of carbonyl (C=O) groups is 2. The van der Waals surface area contributed by atoms with Crippen LogP contribution < -0.4 is 10.6 Å². The minimum atomic E-state index is -0.561. The van der Waals surface area contributed by atoms with Crippen LogP contribution in [0.3, 0.4) is 0 Å². The van der Waals surface area contributed by atoms with Crippen LogP contribution in [0.2, 0.25) is 0 Å². The summed E-state index contributed by atoms with van der Waals surface area (Å²) in [6, 6.07) is 2.88. The van der Waals surface area contributed by atoms with Crippen LogP contribution in [0.1, 0.15) is 12.7 Å². The molecule has 1 unspecified atom stereocenters. The van der Waals surface area contributed by atoms with E-state index in [0.717, 1.165) is 0 Å². The number of nitrogens with one attached hydrogen (secondary N) is 2. The Morgan fingerprint density at radius 3 is 2.94 bits per heavy atom. The van der Waals surface area contributed by atoms with Gasteiger partial charge in [0.2, 0.25) is 5.91 Å². The maximum Gasteiger partial charge on any atom is 0.321 e. The number of furan rings is 1. The van der Waals surface area contributed by atoms with Crippen LogP contribution in [-0.4, -0.2) is 34.7 Å². The van der Waals surface area contributed by atoms with Crippen LogP contribution >= 0.6 is 11.8 Å². The molecule has 3 N–H and O–H groups in total. The highest BCUT2D eigenvalue weighted by Crippen LogP contribution is 2.08. The second kappa shape index (κ2) is 7.78. The normalized spacial score (nSPS) is 11.9. The van der Waals surface area contributed by atoms with Crippen molar-refractivity contribution in [3.8, 4) is 0 Å². The van der Waals surface area contributed by atoms with Crippen LogP contribution in [0, 0.1) is 0 Å². The summed E-state index contributed by atoms with van der Waals surface area (Å²) in [5.74, 6) is 0.355. The van der Waals surface area contributed by atoms with Gasteiger partial charge >= 0.3 is 6.03 Å².